The molecule has 1 amide bonds. The van der Waals surface area contributed by atoms with Crippen molar-refractivity contribution in [2.24, 2.45) is 17.8 Å². The number of carbonyl (C=O) groups is 1. The Hall–Kier alpha value is -1.56. The van der Waals surface area contributed by atoms with E-state index in [1.165, 1.54) is 25.7 Å². The monoisotopic (exact) mass is 322 g/mol. The van der Waals surface area contributed by atoms with Gasteiger partial charge in [-0.1, -0.05) is 18.6 Å². The van der Waals surface area contributed by atoms with Gasteiger partial charge < -0.3 is 5.32 Å². The van der Waals surface area contributed by atoms with E-state index in [1.54, 1.807) is 24.3 Å². The predicted octanol–water partition coefficient (Wildman–Crippen LogP) is 2.82. The Morgan fingerprint density at radius 3 is 2.50 bits per heavy atom. The van der Waals surface area contributed by atoms with E-state index in [1.807, 2.05) is 0 Å². The lowest BCUT2D eigenvalue weighted by molar-refractivity contribution is -0.117. The molecule has 2 fully saturated rings. The highest BCUT2D eigenvalue weighted by Gasteiger charge is 2.40. The number of rotatable bonds is 5. The summed E-state index contributed by atoms with van der Waals surface area (Å²) in [5.74, 6) is 2.00. The molecule has 0 aromatic heterocycles. The van der Waals surface area contributed by atoms with Gasteiger partial charge in [0.25, 0.3) is 0 Å². The molecule has 22 heavy (non-hydrogen) atoms. The van der Waals surface area contributed by atoms with Gasteiger partial charge in [0.05, 0.1) is 17.6 Å². The molecule has 2 aliphatic carbocycles. The summed E-state index contributed by atoms with van der Waals surface area (Å²) >= 11 is 0. The zero-order chi connectivity index (χ0) is 15.7. The van der Waals surface area contributed by atoms with Gasteiger partial charge in [-0.05, 0) is 49.1 Å². The molecule has 2 N–H and O–H groups in total. The first-order valence-corrected chi connectivity index (χ1v) is 9.66. The summed E-state index contributed by atoms with van der Waals surface area (Å²) in [6, 6.07) is 6.88. The number of hydrogen-bond donors (Lipinski definition) is 2. The van der Waals surface area contributed by atoms with Gasteiger partial charge in [-0.3, -0.25) is 9.52 Å². The van der Waals surface area contributed by atoms with E-state index in [4.69, 9.17) is 0 Å². The lowest BCUT2D eigenvalue weighted by Gasteiger charge is -2.21. The zero-order valence-corrected chi connectivity index (χ0v) is 13.5. The first kappa shape index (κ1) is 15.3. The van der Waals surface area contributed by atoms with Gasteiger partial charge in [0.2, 0.25) is 15.9 Å². The van der Waals surface area contributed by atoms with E-state index >= 15 is 0 Å². The number of carbonyl (C=O) groups excluding carboxylic acids is 1. The Bertz CT molecular complexity index is 672. The number of nitrogens with one attached hydrogen (secondary N) is 2. The van der Waals surface area contributed by atoms with Crippen LogP contribution in [0.1, 0.15) is 32.1 Å². The summed E-state index contributed by atoms with van der Waals surface area (Å²) in [6.07, 6.45) is 6.67. The minimum absolute atomic E-state index is 0.0275. The molecule has 2 bridgehead atoms. The first-order chi connectivity index (χ1) is 10.4. The fourth-order valence-electron chi connectivity index (χ4n) is 3.95. The number of anilines is 2. The van der Waals surface area contributed by atoms with Crippen molar-refractivity contribution >= 4 is 27.3 Å². The second-order valence-electron chi connectivity index (χ2n) is 6.61. The topological polar surface area (TPSA) is 75.3 Å². The van der Waals surface area contributed by atoms with Crippen molar-refractivity contribution < 1.29 is 13.2 Å². The SMILES string of the molecule is CS(=O)(=O)Nc1ccccc1NC(=O)CC1CC2CCC1C2. The van der Waals surface area contributed by atoms with Gasteiger partial charge in [0.1, 0.15) is 0 Å². The van der Waals surface area contributed by atoms with Gasteiger partial charge in [0, 0.05) is 6.42 Å². The van der Waals surface area contributed by atoms with Crippen molar-refractivity contribution in [2.75, 3.05) is 16.3 Å². The summed E-state index contributed by atoms with van der Waals surface area (Å²) in [7, 11) is -3.37. The highest BCUT2D eigenvalue weighted by molar-refractivity contribution is 7.92. The second-order valence-corrected chi connectivity index (χ2v) is 8.36. The Balaban J connectivity index is 1.64. The van der Waals surface area contributed by atoms with Crippen LogP contribution in [-0.2, 0) is 14.8 Å². The predicted molar refractivity (Wildman–Crippen MR) is 87.1 cm³/mol. The number of amides is 1. The number of fused-ring (bicyclic) bond motifs is 2. The minimum Gasteiger partial charge on any atom is -0.324 e. The third-order valence-corrected chi connectivity index (χ3v) is 5.42. The molecule has 2 aliphatic rings. The molecule has 6 heteroatoms. The molecular weight excluding hydrogens is 300 g/mol. The molecule has 0 aliphatic heterocycles. The van der Waals surface area contributed by atoms with Crippen LogP contribution in [0.2, 0.25) is 0 Å². The Labute approximate surface area is 131 Å². The van der Waals surface area contributed by atoms with E-state index in [0.717, 1.165) is 12.2 Å². The third kappa shape index (κ3) is 3.61. The van der Waals surface area contributed by atoms with E-state index in [2.05, 4.69) is 10.0 Å². The fraction of sp³-hybridized carbons (Fsp3) is 0.562. The number of hydrogen-bond acceptors (Lipinski definition) is 3. The van der Waals surface area contributed by atoms with E-state index in [-0.39, 0.29) is 5.91 Å². The first-order valence-electron chi connectivity index (χ1n) is 7.77. The largest absolute Gasteiger partial charge is 0.324 e. The third-order valence-electron chi connectivity index (χ3n) is 4.83. The van der Waals surface area contributed by atoms with Crippen molar-refractivity contribution in [1.82, 2.24) is 0 Å². The van der Waals surface area contributed by atoms with Crippen molar-refractivity contribution in [3.8, 4) is 0 Å². The second kappa shape index (κ2) is 5.91. The van der Waals surface area contributed by atoms with Crippen molar-refractivity contribution in [3.63, 3.8) is 0 Å². The van der Waals surface area contributed by atoms with Crippen LogP contribution in [0.5, 0.6) is 0 Å². The quantitative estimate of drug-likeness (QED) is 0.875. The lowest BCUT2D eigenvalue weighted by atomic mass is 9.86. The summed E-state index contributed by atoms with van der Waals surface area (Å²) in [4.78, 5) is 12.3. The Morgan fingerprint density at radius 1 is 1.18 bits per heavy atom. The molecule has 3 unspecified atom stereocenters. The molecular formula is C16H22N2O3S. The highest BCUT2D eigenvalue weighted by atomic mass is 32.2. The van der Waals surface area contributed by atoms with Crippen molar-refractivity contribution in [2.45, 2.75) is 32.1 Å². The van der Waals surface area contributed by atoms with Crippen LogP contribution in [0.3, 0.4) is 0 Å². The summed E-state index contributed by atoms with van der Waals surface area (Å²) in [5, 5.41) is 2.85. The van der Waals surface area contributed by atoms with Gasteiger partial charge in [0.15, 0.2) is 0 Å². The Morgan fingerprint density at radius 2 is 1.91 bits per heavy atom. The normalized spacial score (nSPS) is 26.9. The van der Waals surface area contributed by atoms with Gasteiger partial charge in [-0.25, -0.2) is 8.42 Å². The summed E-state index contributed by atoms with van der Waals surface area (Å²) < 4.78 is 25.2. The van der Waals surface area contributed by atoms with Crippen LogP contribution in [0.15, 0.2) is 24.3 Å². The van der Waals surface area contributed by atoms with Crippen LogP contribution in [-0.4, -0.2) is 20.6 Å². The molecule has 1 aromatic rings. The molecule has 3 atom stereocenters. The minimum atomic E-state index is -3.37. The molecule has 0 spiro atoms. The zero-order valence-electron chi connectivity index (χ0n) is 12.7. The molecule has 5 nitrogen and oxygen atoms in total. The maximum atomic E-state index is 12.3. The van der Waals surface area contributed by atoms with Crippen LogP contribution < -0.4 is 10.0 Å². The molecule has 120 valence electrons. The average molecular weight is 322 g/mol. The molecule has 0 heterocycles. The fourth-order valence-corrected chi connectivity index (χ4v) is 4.52. The van der Waals surface area contributed by atoms with Gasteiger partial charge >= 0.3 is 0 Å². The lowest BCUT2D eigenvalue weighted by Crippen LogP contribution is -2.21. The van der Waals surface area contributed by atoms with Crippen LogP contribution >= 0.6 is 0 Å². The number of para-hydroxylation sites is 2. The van der Waals surface area contributed by atoms with Crippen LogP contribution in [0.25, 0.3) is 0 Å². The van der Waals surface area contributed by atoms with E-state index < -0.39 is 10.0 Å². The van der Waals surface area contributed by atoms with Crippen LogP contribution in [0, 0.1) is 17.8 Å². The highest BCUT2D eigenvalue weighted by Crippen LogP contribution is 2.49. The summed E-state index contributed by atoms with van der Waals surface area (Å²) in [5.41, 5.74) is 0.923. The maximum Gasteiger partial charge on any atom is 0.229 e. The van der Waals surface area contributed by atoms with Gasteiger partial charge in [-0.15, -0.1) is 0 Å². The molecule has 3 rings (SSSR count). The van der Waals surface area contributed by atoms with E-state index in [0.29, 0.717) is 29.6 Å². The van der Waals surface area contributed by atoms with Crippen LogP contribution in [0.4, 0.5) is 11.4 Å². The van der Waals surface area contributed by atoms with Gasteiger partial charge in [-0.2, -0.15) is 0 Å². The number of sulfonamides is 1. The Kier molecular flexibility index (Phi) is 4.12. The molecule has 1 aromatic carbocycles. The van der Waals surface area contributed by atoms with Crippen molar-refractivity contribution in [3.05, 3.63) is 24.3 Å². The average Bonchev–Trinajstić information content (AvgIpc) is 3.01. The molecule has 0 saturated heterocycles. The smallest absolute Gasteiger partial charge is 0.229 e. The number of benzene rings is 1. The summed E-state index contributed by atoms with van der Waals surface area (Å²) in [6.45, 7) is 0. The molecule has 2 saturated carbocycles. The van der Waals surface area contributed by atoms with E-state index in [9.17, 15) is 13.2 Å². The van der Waals surface area contributed by atoms with Crippen molar-refractivity contribution in [1.29, 1.82) is 0 Å². The standard InChI is InChI=1S/C16H22N2O3S/c1-22(20,21)18-15-5-3-2-4-14(15)17-16(19)10-13-9-11-6-7-12(13)8-11/h2-5,11-13,18H,6-10H2,1H3,(H,17,19). The molecule has 0 radical (unpaired) electrons. The maximum absolute atomic E-state index is 12.3.